The van der Waals surface area contributed by atoms with Gasteiger partial charge in [0.2, 0.25) is 0 Å². The number of anilines is 1. The number of sulfone groups is 1. The fourth-order valence-corrected chi connectivity index (χ4v) is 2.69. The van der Waals surface area contributed by atoms with Gasteiger partial charge in [-0.3, -0.25) is 4.98 Å². The lowest BCUT2D eigenvalue weighted by Gasteiger charge is -2.27. The standard InChI is InChI=1S/C9H13N3O2S/c1-8-6-11-9(7-10-8)12-2-4-15(13,14)5-3-12/h6-7H,2-5H2,1H3. The quantitative estimate of drug-likeness (QED) is 0.677. The Morgan fingerprint density at radius 3 is 2.40 bits per heavy atom. The second-order valence-corrected chi connectivity index (χ2v) is 5.96. The van der Waals surface area contributed by atoms with Gasteiger partial charge in [-0.15, -0.1) is 0 Å². The van der Waals surface area contributed by atoms with E-state index >= 15 is 0 Å². The molecule has 1 aromatic heterocycles. The molecule has 1 aromatic rings. The topological polar surface area (TPSA) is 63.2 Å². The molecule has 2 rings (SSSR count). The van der Waals surface area contributed by atoms with Crippen LogP contribution in [-0.2, 0) is 9.84 Å². The Morgan fingerprint density at radius 2 is 1.87 bits per heavy atom. The van der Waals surface area contributed by atoms with E-state index < -0.39 is 9.84 Å². The van der Waals surface area contributed by atoms with Gasteiger partial charge in [-0.05, 0) is 6.92 Å². The average Bonchev–Trinajstić information content (AvgIpc) is 2.20. The zero-order valence-electron chi connectivity index (χ0n) is 8.55. The Balaban J connectivity index is 2.11. The molecular weight excluding hydrogens is 214 g/mol. The van der Waals surface area contributed by atoms with E-state index in [-0.39, 0.29) is 11.5 Å². The van der Waals surface area contributed by atoms with Crippen molar-refractivity contribution in [3.05, 3.63) is 18.1 Å². The number of hydrogen-bond donors (Lipinski definition) is 0. The lowest BCUT2D eigenvalue weighted by molar-refractivity contribution is 0.586. The Morgan fingerprint density at radius 1 is 1.20 bits per heavy atom. The van der Waals surface area contributed by atoms with E-state index in [0.717, 1.165) is 11.5 Å². The fourth-order valence-electron chi connectivity index (χ4n) is 1.49. The Bertz CT molecular complexity index is 427. The molecule has 2 heterocycles. The molecule has 5 nitrogen and oxygen atoms in total. The van der Waals surface area contributed by atoms with E-state index in [0.29, 0.717) is 13.1 Å². The minimum Gasteiger partial charge on any atom is -0.353 e. The molecule has 0 radical (unpaired) electrons. The summed E-state index contributed by atoms with van der Waals surface area (Å²) in [7, 11) is -2.82. The van der Waals surface area contributed by atoms with Crippen molar-refractivity contribution in [3.8, 4) is 0 Å². The summed E-state index contributed by atoms with van der Waals surface area (Å²) < 4.78 is 22.4. The third-order valence-electron chi connectivity index (χ3n) is 2.44. The van der Waals surface area contributed by atoms with Crippen LogP contribution in [0.1, 0.15) is 5.69 Å². The van der Waals surface area contributed by atoms with Crippen LogP contribution in [0.2, 0.25) is 0 Å². The highest BCUT2D eigenvalue weighted by molar-refractivity contribution is 7.91. The zero-order chi connectivity index (χ0) is 10.9. The summed E-state index contributed by atoms with van der Waals surface area (Å²) in [4.78, 5) is 10.3. The molecule has 1 saturated heterocycles. The molecule has 1 fully saturated rings. The normalized spacial score (nSPS) is 20.2. The van der Waals surface area contributed by atoms with Gasteiger partial charge in [0.15, 0.2) is 9.84 Å². The first-order valence-electron chi connectivity index (χ1n) is 4.81. The second-order valence-electron chi connectivity index (χ2n) is 3.65. The Hall–Kier alpha value is -1.17. The summed E-state index contributed by atoms with van der Waals surface area (Å²) in [5.41, 5.74) is 0.864. The van der Waals surface area contributed by atoms with Crippen molar-refractivity contribution in [2.45, 2.75) is 6.92 Å². The molecule has 0 unspecified atom stereocenters. The molecule has 0 bridgehead atoms. The van der Waals surface area contributed by atoms with Crippen molar-refractivity contribution in [1.29, 1.82) is 0 Å². The molecule has 0 aromatic carbocycles. The van der Waals surface area contributed by atoms with Gasteiger partial charge in [0, 0.05) is 13.1 Å². The van der Waals surface area contributed by atoms with E-state index in [1.165, 1.54) is 0 Å². The summed E-state index contributed by atoms with van der Waals surface area (Å²) in [5.74, 6) is 1.18. The van der Waals surface area contributed by atoms with Gasteiger partial charge in [0.05, 0.1) is 29.6 Å². The van der Waals surface area contributed by atoms with Gasteiger partial charge in [0.1, 0.15) is 5.82 Å². The molecule has 0 aliphatic carbocycles. The van der Waals surface area contributed by atoms with Crippen LogP contribution < -0.4 is 4.90 Å². The second kappa shape index (κ2) is 3.77. The minimum atomic E-state index is -2.82. The minimum absolute atomic E-state index is 0.211. The van der Waals surface area contributed by atoms with E-state index in [9.17, 15) is 8.42 Å². The lowest BCUT2D eigenvalue weighted by atomic mass is 10.4. The number of aryl methyl sites for hydroxylation is 1. The van der Waals surface area contributed by atoms with Gasteiger partial charge < -0.3 is 4.90 Å². The van der Waals surface area contributed by atoms with Crippen LogP contribution in [0.3, 0.4) is 0 Å². The maximum absolute atomic E-state index is 11.2. The van der Waals surface area contributed by atoms with Crippen LogP contribution >= 0.6 is 0 Å². The van der Waals surface area contributed by atoms with E-state index in [1.807, 2.05) is 11.8 Å². The molecule has 1 aliphatic heterocycles. The van der Waals surface area contributed by atoms with Crippen LogP contribution in [0, 0.1) is 6.92 Å². The number of nitrogens with zero attached hydrogens (tertiary/aromatic N) is 3. The van der Waals surface area contributed by atoms with Gasteiger partial charge in [-0.25, -0.2) is 13.4 Å². The molecule has 82 valence electrons. The molecule has 15 heavy (non-hydrogen) atoms. The summed E-state index contributed by atoms with van der Waals surface area (Å²) in [6.07, 6.45) is 3.38. The maximum atomic E-state index is 11.2. The Labute approximate surface area is 89.1 Å². The van der Waals surface area contributed by atoms with Crippen LogP contribution in [0.25, 0.3) is 0 Å². The van der Waals surface area contributed by atoms with Crippen LogP contribution in [0.15, 0.2) is 12.4 Å². The van der Waals surface area contributed by atoms with Crippen molar-refractivity contribution < 1.29 is 8.42 Å². The highest BCUT2D eigenvalue weighted by atomic mass is 32.2. The third-order valence-corrected chi connectivity index (χ3v) is 4.04. The summed E-state index contributed by atoms with van der Waals surface area (Å²) in [5, 5.41) is 0. The van der Waals surface area contributed by atoms with Crippen molar-refractivity contribution >= 4 is 15.7 Å². The van der Waals surface area contributed by atoms with Gasteiger partial charge >= 0.3 is 0 Å². The van der Waals surface area contributed by atoms with E-state index in [1.54, 1.807) is 12.4 Å². The van der Waals surface area contributed by atoms with Crippen LogP contribution in [0.4, 0.5) is 5.82 Å². The van der Waals surface area contributed by atoms with E-state index in [2.05, 4.69) is 9.97 Å². The smallest absolute Gasteiger partial charge is 0.153 e. The van der Waals surface area contributed by atoms with Crippen molar-refractivity contribution in [2.75, 3.05) is 29.5 Å². The highest BCUT2D eigenvalue weighted by Gasteiger charge is 2.22. The molecule has 0 atom stereocenters. The molecule has 0 spiro atoms. The third kappa shape index (κ3) is 2.44. The predicted molar refractivity (Wildman–Crippen MR) is 57.6 cm³/mol. The highest BCUT2D eigenvalue weighted by Crippen LogP contribution is 2.12. The summed E-state index contributed by atoms with van der Waals surface area (Å²) >= 11 is 0. The first kappa shape index (κ1) is 10.4. The molecule has 0 amide bonds. The molecule has 6 heteroatoms. The van der Waals surface area contributed by atoms with Crippen molar-refractivity contribution in [3.63, 3.8) is 0 Å². The maximum Gasteiger partial charge on any atom is 0.153 e. The van der Waals surface area contributed by atoms with Gasteiger partial charge in [-0.1, -0.05) is 0 Å². The number of aromatic nitrogens is 2. The molecule has 0 saturated carbocycles. The van der Waals surface area contributed by atoms with Crippen molar-refractivity contribution in [1.82, 2.24) is 9.97 Å². The van der Waals surface area contributed by atoms with Crippen LogP contribution in [-0.4, -0.2) is 43.0 Å². The number of rotatable bonds is 1. The first-order valence-corrected chi connectivity index (χ1v) is 6.63. The largest absolute Gasteiger partial charge is 0.353 e. The predicted octanol–water partition coefficient (Wildman–Crippen LogP) is 0.0198. The first-order chi connectivity index (χ1) is 7.07. The summed E-state index contributed by atoms with van der Waals surface area (Å²) in [6, 6.07) is 0. The monoisotopic (exact) mass is 227 g/mol. The zero-order valence-corrected chi connectivity index (χ0v) is 9.37. The number of hydrogen-bond acceptors (Lipinski definition) is 5. The van der Waals surface area contributed by atoms with Gasteiger partial charge in [-0.2, -0.15) is 0 Å². The van der Waals surface area contributed by atoms with Crippen molar-refractivity contribution in [2.24, 2.45) is 0 Å². The summed E-state index contributed by atoms with van der Waals surface area (Å²) in [6.45, 7) is 2.90. The Kier molecular flexibility index (Phi) is 2.60. The molecular formula is C9H13N3O2S. The molecule has 0 N–H and O–H groups in total. The average molecular weight is 227 g/mol. The van der Waals surface area contributed by atoms with Gasteiger partial charge in [0.25, 0.3) is 0 Å². The lowest BCUT2D eigenvalue weighted by Crippen LogP contribution is -2.40. The fraction of sp³-hybridized carbons (Fsp3) is 0.556. The molecule has 1 aliphatic rings. The van der Waals surface area contributed by atoms with E-state index in [4.69, 9.17) is 0 Å². The SMILES string of the molecule is Cc1cnc(N2CCS(=O)(=O)CC2)cn1. The van der Waals surface area contributed by atoms with Crippen LogP contribution in [0.5, 0.6) is 0 Å².